The highest BCUT2D eigenvalue weighted by atomic mass is 35.5. The predicted octanol–water partition coefficient (Wildman–Crippen LogP) is 4.52. The molecule has 0 aliphatic carbocycles. The monoisotopic (exact) mass is 426 g/mol. The lowest BCUT2D eigenvalue weighted by Gasteiger charge is -2.16. The van der Waals surface area contributed by atoms with Crippen LogP contribution in [0.5, 0.6) is 0 Å². The van der Waals surface area contributed by atoms with Gasteiger partial charge in [-0.3, -0.25) is 14.4 Å². The van der Waals surface area contributed by atoms with Crippen LogP contribution in [0.15, 0.2) is 24.3 Å². The molecular weight excluding hydrogens is 395 g/mol. The van der Waals surface area contributed by atoms with Gasteiger partial charge in [0, 0.05) is 17.9 Å². The second-order valence-electron chi connectivity index (χ2n) is 7.55. The molecule has 1 aliphatic heterocycles. The average Bonchev–Trinajstić information content (AvgIpc) is 3.20. The van der Waals surface area contributed by atoms with Crippen molar-refractivity contribution in [2.45, 2.75) is 53.6 Å². The normalized spacial score (nSPS) is 14.9. The van der Waals surface area contributed by atoms with Crippen LogP contribution in [0.1, 0.15) is 42.3 Å². The standard InChI is InChI=1S/C21H30N4O.2ClH/c1-15(13-25-18(4)16(2)17(3)23-25)21(26)22-20-9-7-8-19(12-20)14-24-10-5-6-11-24;;/h7-9,12,15H,5-6,10-11,13-14H2,1-4H3,(H,22,26);2*1H. The Labute approximate surface area is 180 Å². The summed E-state index contributed by atoms with van der Waals surface area (Å²) in [6, 6.07) is 8.22. The summed E-state index contributed by atoms with van der Waals surface area (Å²) in [6.07, 6.45) is 2.58. The Bertz CT molecular complexity index is 785. The minimum atomic E-state index is -0.144. The molecule has 0 spiro atoms. The zero-order chi connectivity index (χ0) is 18.7. The topological polar surface area (TPSA) is 50.2 Å². The first kappa shape index (κ1) is 24.5. The average molecular weight is 427 g/mol. The van der Waals surface area contributed by atoms with Gasteiger partial charge in [0.25, 0.3) is 0 Å². The van der Waals surface area contributed by atoms with Crippen molar-refractivity contribution >= 4 is 36.4 Å². The first-order chi connectivity index (χ1) is 12.4. The van der Waals surface area contributed by atoms with E-state index in [-0.39, 0.29) is 36.6 Å². The van der Waals surface area contributed by atoms with Gasteiger partial charge in [-0.15, -0.1) is 24.8 Å². The molecular formula is C21H32Cl2N4O. The molecule has 2 heterocycles. The molecule has 1 atom stereocenters. The van der Waals surface area contributed by atoms with Crippen molar-refractivity contribution in [2.24, 2.45) is 5.92 Å². The van der Waals surface area contributed by atoms with Gasteiger partial charge in [0.15, 0.2) is 0 Å². The number of nitrogens with one attached hydrogen (secondary N) is 1. The van der Waals surface area contributed by atoms with Crippen LogP contribution in [-0.4, -0.2) is 33.7 Å². The zero-order valence-corrected chi connectivity index (χ0v) is 18.8. The highest BCUT2D eigenvalue weighted by Crippen LogP contribution is 2.18. The summed E-state index contributed by atoms with van der Waals surface area (Å²) in [5, 5.41) is 7.61. The Kier molecular flexibility index (Phi) is 9.48. The summed E-state index contributed by atoms with van der Waals surface area (Å²) >= 11 is 0. The highest BCUT2D eigenvalue weighted by Gasteiger charge is 2.17. The van der Waals surface area contributed by atoms with Gasteiger partial charge in [0.05, 0.1) is 18.2 Å². The number of hydrogen-bond acceptors (Lipinski definition) is 3. The van der Waals surface area contributed by atoms with Crippen molar-refractivity contribution < 1.29 is 4.79 Å². The van der Waals surface area contributed by atoms with E-state index in [4.69, 9.17) is 0 Å². The Morgan fingerprint density at radius 1 is 1.18 bits per heavy atom. The van der Waals surface area contributed by atoms with Crippen molar-refractivity contribution in [3.63, 3.8) is 0 Å². The maximum Gasteiger partial charge on any atom is 0.229 e. The second kappa shape index (κ2) is 10.8. The lowest BCUT2D eigenvalue weighted by atomic mass is 10.1. The maximum absolute atomic E-state index is 12.6. The number of carbonyl (C=O) groups is 1. The molecule has 1 aliphatic rings. The van der Waals surface area contributed by atoms with E-state index in [1.54, 1.807) is 0 Å². The summed E-state index contributed by atoms with van der Waals surface area (Å²) in [5.41, 5.74) is 5.50. The fourth-order valence-corrected chi connectivity index (χ4v) is 3.52. The quantitative estimate of drug-likeness (QED) is 0.738. The molecule has 1 N–H and O–H groups in total. The van der Waals surface area contributed by atoms with Gasteiger partial charge in [0.2, 0.25) is 5.91 Å². The number of anilines is 1. The van der Waals surface area contributed by atoms with E-state index in [0.717, 1.165) is 23.6 Å². The molecule has 0 bridgehead atoms. The molecule has 28 heavy (non-hydrogen) atoms. The second-order valence-corrected chi connectivity index (χ2v) is 7.55. The smallest absolute Gasteiger partial charge is 0.229 e. The van der Waals surface area contributed by atoms with Gasteiger partial charge in [-0.1, -0.05) is 19.1 Å². The number of carbonyl (C=O) groups excluding carboxylic acids is 1. The molecule has 156 valence electrons. The van der Waals surface area contributed by atoms with E-state index < -0.39 is 0 Å². The van der Waals surface area contributed by atoms with Gasteiger partial charge in [-0.05, 0) is 70.0 Å². The first-order valence-electron chi connectivity index (χ1n) is 9.57. The molecule has 1 amide bonds. The molecule has 1 aromatic carbocycles. The predicted molar refractivity (Wildman–Crippen MR) is 120 cm³/mol. The number of rotatable bonds is 6. The van der Waals surface area contributed by atoms with Crippen LogP contribution in [-0.2, 0) is 17.9 Å². The number of hydrogen-bond donors (Lipinski definition) is 1. The highest BCUT2D eigenvalue weighted by molar-refractivity contribution is 5.92. The molecule has 7 heteroatoms. The number of aromatic nitrogens is 2. The van der Waals surface area contributed by atoms with Crippen LogP contribution in [0, 0.1) is 26.7 Å². The van der Waals surface area contributed by atoms with Crippen LogP contribution in [0.2, 0.25) is 0 Å². The minimum Gasteiger partial charge on any atom is -0.326 e. The van der Waals surface area contributed by atoms with Crippen LogP contribution in [0.4, 0.5) is 5.69 Å². The number of benzene rings is 1. The Morgan fingerprint density at radius 3 is 2.46 bits per heavy atom. The summed E-state index contributed by atoms with van der Waals surface area (Å²) in [5.74, 6) is -0.108. The molecule has 0 saturated carbocycles. The van der Waals surface area contributed by atoms with E-state index in [2.05, 4.69) is 41.3 Å². The number of likely N-dealkylation sites (tertiary alicyclic amines) is 1. The molecule has 1 fully saturated rings. The molecule has 1 unspecified atom stereocenters. The van der Waals surface area contributed by atoms with E-state index in [0.29, 0.717) is 6.54 Å². The summed E-state index contributed by atoms with van der Waals surface area (Å²) in [4.78, 5) is 15.1. The summed E-state index contributed by atoms with van der Waals surface area (Å²) in [6.45, 7) is 12.0. The number of halogens is 2. The fraction of sp³-hybridized carbons (Fsp3) is 0.524. The fourth-order valence-electron chi connectivity index (χ4n) is 3.52. The van der Waals surface area contributed by atoms with E-state index in [9.17, 15) is 4.79 Å². The van der Waals surface area contributed by atoms with Gasteiger partial charge < -0.3 is 5.32 Å². The van der Waals surface area contributed by atoms with Crippen molar-refractivity contribution in [3.05, 3.63) is 46.8 Å². The van der Waals surface area contributed by atoms with Crippen LogP contribution in [0.25, 0.3) is 0 Å². The Hall–Kier alpha value is -1.56. The molecule has 2 aromatic rings. The molecule has 1 saturated heterocycles. The van der Waals surface area contributed by atoms with Crippen molar-refractivity contribution in [2.75, 3.05) is 18.4 Å². The van der Waals surface area contributed by atoms with Gasteiger partial charge >= 0.3 is 0 Å². The largest absolute Gasteiger partial charge is 0.326 e. The number of aryl methyl sites for hydroxylation is 1. The van der Waals surface area contributed by atoms with Gasteiger partial charge in [0.1, 0.15) is 0 Å². The first-order valence-corrected chi connectivity index (χ1v) is 9.57. The molecule has 3 rings (SSSR count). The Morgan fingerprint density at radius 2 is 1.86 bits per heavy atom. The zero-order valence-electron chi connectivity index (χ0n) is 17.2. The van der Waals surface area contributed by atoms with Crippen LogP contribution < -0.4 is 5.32 Å². The lowest BCUT2D eigenvalue weighted by Crippen LogP contribution is -2.25. The molecule has 0 radical (unpaired) electrons. The van der Waals surface area contributed by atoms with E-state index in [1.807, 2.05) is 30.7 Å². The van der Waals surface area contributed by atoms with Crippen molar-refractivity contribution in [1.82, 2.24) is 14.7 Å². The van der Waals surface area contributed by atoms with Crippen molar-refractivity contribution in [1.29, 1.82) is 0 Å². The third-order valence-corrected chi connectivity index (χ3v) is 5.44. The third-order valence-electron chi connectivity index (χ3n) is 5.44. The van der Waals surface area contributed by atoms with Crippen LogP contribution in [0.3, 0.4) is 0 Å². The summed E-state index contributed by atoms with van der Waals surface area (Å²) in [7, 11) is 0. The van der Waals surface area contributed by atoms with Crippen molar-refractivity contribution in [3.8, 4) is 0 Å². The Balaban J connectivity index is 0.00000196. The lowest BCUT2D eigenvalue weighted by molar-refractivity contribution is -0.119. The van der Waals surface area contributed by atoms with Gasteiger partial charge in [-0.25, -0.2) is 0 Å². The van der Waals surface area contributed by atoms with E-state index in [1.165, 1.54) is 37.1 Å². The van der Waals surface area contributed by atoms with E-state index >= 15 is 0 Å². The number of nitrogens with zero attached hydrogens (tertiary/aromatic N) is 3. The third kappa shape index (κ3) is 5.97. The van der Waals surface area contributed by atoms with Crippen LogP contribution >= 0.6 is 24.8 Å². The molecule has 1 aromatic heterocycles. The molecule has 5 nitrogen and oxygen atoms in total. The maximum atomic E-state index is 12.6. The van der Waals surface area contributed by atoms with Gasteiger partial charge in [-0.2, -0.15) is 5.10 Å². The SMILES string of the molecule is Cc1nn(CC(C)C(=O)Nc2cccc(CN3CCCC3)c2)c(C)c1C.Cl.Cl. The number of amides is 1. The summed E-state index contributed by atoms with van der Waals surface area (Å²) < 4.78 is 1.94. The minimum absolute atomic E-state index is 0.